The number of fused-ring (bicyclic) bond motifs is 1. The number of carbonyl (C=O) groups excluding carboxylic acids is 2. The summed E-state index contributed by atoms with van der Waals surface area (Å²) in [6.45, 7) is 3.36. The Balaban J connectivity index is 1.52. The predicted octanol–water partition coefficient (Wildman–Crippen LogP) is 3.63. The summed E-state index contributed by atoms with van der Waals surface area (Å²) in [6.07, 6.45) is 3.26. The first kappa shape index (κ1) is 18.1. The van der Waals surface area contributed by atoms with Crippen molar-refractivity contribution in [1.29, 1.82) is 0 Å². The molecular weight excluding hydrogens is 356 g/mol. The lowest BCUT2D eigenvalue weighted by Crippen LogP contribution is -2.24. The molecule has 4 rings (SSSR count). The molecule has 6 heteroatoms. The van der Waals surface area contributed by atoms with Crippen molar-refractivity contribution in [2.75, 3.05) is 30.0 Å². The van der Waals surface area contributed by atoms with Gasteiger partial charge in [0.15, 0.2) is 11.5 Å². The topological polar surface area (TPSA) is 67.9 Å². The summed E-state index contributed by atoms with van der Waals surface area (Å²) < 4.78 is 11.4. The van der Waals surface area contributed by atoms with Gasteiger partial charge in [-0.3, -0.25) is 9.59 Å². The number of hydrogen-bond acceptors (Lipinski definition) is 4. The van der Waals surface area contributed by atoms with E-state index in [1.165, 1.54) is 0 Å². The molecule has 0 atom stereocenters. The highest BCUT2D eigenvalue weighted by atomic mass is 16.5. The van der Waals surface area contributed by atoms with Crippen molar-refractivity contribution in [3.05, 3.63) is 53.6 Å². The summed E-state index contributed by atoms with van der Waals surface area (Å²) in [5, 5.41) is 2.90. The number of nitrogens with one attached hydrogen (secondary N) is 1. The zero-order chi connectivity index (χ0) is 19.5. The molecule has 2 aromatic rings. The van der Waals surface area contributed by atoms with E-state index in [1.54, 1.807) is 4.90 Å². The molecule has 0 spiro atoms. The van der Waals surface area contributed by atoms with Crippen LogP contribution in [0.5, 0.6) is 11.5 Å². The maximum absolute atomic E-state index is 12.7. The van der Waals surface area contributed by atoms with Crippen LogP contribution in [0.15, 0.2) is 48.0 Å². The van der Waals surface area contributed by atoms with Gasteiger partial charge in [0.1, 0.15) is 6.61 Å². The van der Waals surface area contributed by atoms with Crippen LogP contribution in [-0.4, -0.2) is 31.6 Å². The van der Waals surface area contributed by atoms with Crippen LogP contribution in [0, 0.1) is 0 Å². The van der Waals surface area contributed by atoms with Crippen LogP contribution >= 0.6 is 0 Å². The quantitative estimate of drug-likeness (QED) is 0.863. The van der Waals surface area contributed by atoms with Crippen LogP contribution in [0.25, 0.3) is 6.08 Å². The maximum Gasteiger partial charge on any atom is 0.255 e. The number of anilines is 2. The van der Waals surface area contributed by atoms with Crippen LogP contribution in [0.4, 0.5) is 11.4 Å². The van der Waals surface area contributed by atoms with Gasteiger partial charge in [-0.2, -0.15) is 0 Å². The molecule has 0 bridgehead atoms. The summed E-state index contributed by atoms with van der Waals surface area (Å²) in [4.78, 5) is 26.4. The Bertz CT molecular complexity index is 951. The van der Waals surface area contributed by atoms with Gasteiger partial charge in [-0.1, -0.05) is 18.2 Å². The van der Waals surface area contributed by atoms with E-state index in [2.05, 4.69) is 5.32 Å². The standard InChI is InChI=1S/C22H22N2O4/c1-2-27-19-9-3-6-15-12-16(14-28-21(15)19)22(26)23-17-7-4-8-18(13-17)24-11-5-10-20(24)25/h3-4,6-9,12-13H,2,5,10-11,14H2,1H3,(H,23,26). The highest BCUT2D eigenvalue weighted by Crippen LogP contribution is 2.36. The molecule has 144 valence electrons. The van der Waals surface area contributed by atoms with E-state index in [9.17, 15) is 9.59 Å². The molecule has 1 saturated heterocycles. The molecule has 2 aliphatic rings. The largest absolute Gasteiger partial charge is 0.490 e. The zero-order valence-electron chi connectivity index (χ0n) is 15.7. The van der Waals surface area contributed by atoms with Crippen molar-refractivity contribution in [3.63, 3.8) is 0 Å². The number of nitrogens with zero attached hydrogens (tertiary/aromatic N) is 1. The second-order valence-electron chi connectivity index (χ2n) is 6.72. The van der Waals surface area contributed by atoms with Gasteiger partial charge < -0.3 is 19.7 Å². The summed E-state index contributed by atoms with van der Waals surface area (Å²) in [6, 6.07) is 13.0. The third-order valence-corrected chi connectivity index (χ3v) is 4.79. The second kappa shape index (κ2) is 7.76. The van der Waals surface area contributed by atoms with Crippen LogP contribution < -0.4 is 19.7 Å². The molecule has 0 aliphatic carbocycles. The van der Waals surface area contributed by atoms with Gasteiger partial charge in [0.05, 0.1) is 12.2 Å². The number of para-hydroxylation sites is 1. The first-order valence-electron chi connectivity index (χ1n) is 9.46. The highest BCUT2D eigenvalue weighted by Gasteiger charge is 2.23. The Morgan fingerprint density at radius 2 is 2.11 bits per heavy atom. The molecule has 2 aliphatic heterocycles. The molecule has 28 heavy (non-hydrogen) atoms. The third kappa shape index (κ3) is 3.58. The van der Waals surface area contributed by atoms with Crippen LogP contribution in [0.1, 0.15) is 25.3 Å². The van der Waals surface area contributed by atoms with Crippen molar-refractivity contribution >= 4 is 29.3 Å². The van der Waals surface area contributed by atoms with Crippen LogP contribution in [0.2, 0.25) is 0 Å². The van der Waals surface area contributed by atoms with E-state index in [4.69, 9.17) is 9.47 Å². The van der Waals surface area contributed by atoms with E-state index in [0.29, 0.717) is 42.3 Å². The summed E-state index contributed by atoms with van der Waals surface area (Å²) in [7, 11) is 0. The minimum absolute atomic E-state index is 0.119. The number of ether oxygens (including phenoxy) is 2. The molecule has 6 nitrogen and oxygen atoms in total. The number of benzene rings is 2. The number of carbonyl (C=O) groups is 2. The van der Waals surface area contributed by atoms with Crippen molar-refractivity contribution < 1.29 is 19.1 Å². The predicted molar refractivity (Wildman–Crippen MR) is 108 cm³/mol. The van der Waals surface area contributed by atoms with Crippen molar-refractivity contribution in [1.82, 2.24) is 0 Å². The van der Waals surface area contributed by atoms with Crippen LogP contribution in [0.3, 0.4) is 0 Å². The fourth-order valence-electron chi connectivity index (χ4n) is 3.46. The van der Waals surface area contributed by atoms with Gasteiger partial charge >= 0.3 is 0 Å². The smallest absolute Gasteiger partial charge is 0.255 e. The monoisotopic (exact) mass is 378 g/mol. The average Bonchev–Trinajstić information content (AvgIpc) is 3.14. The van der Waals surface area contributed by atoms with E-state index < -0.39 is 0 Å². The maximum atomic E-state index is 12.7. The van der Waals surface area contributed by atoms with Crippen molar-refractivity contribution in [3.8, 4) is 11.5 Å². The number of amides is 2. The first-order valence-corrected chi connectivity index (χ1v) is 9.46. The molecule has 0 unspecified atom stereocenters. The van der Waals surface area contributed by atoms with Crippen molar-refractivity contribution in [2.45, 2.75) is 19.8 Å². The Labute approximate surface area is 163 Å². The molecule has 1 N–H and O–H groups in total. The number of hydrogen-bond donors (Lipinski definition) is 1. The van der Waals surface area contributed by atoms with Gasteiger partial charge in [-0.25, -0.2) is 0 Å². The summed E-state index contributed by atoms with van der Waals surface area (Å²) >= 11 is 0. The Morgan fingerprint density at radius 3 is 2.89 bits per heavy atom. The van der Waals surface area contributed by atoms with E-state index in [0.717, 1.165) is 17.7 Å². The summed E-state index contributed by atoms with van der Waals surface area (Å²) in [5.41, 5.74) is 2.81. The SMILES string of the molecule is CCOc1cccc2c1OCC(C(=O)Nc1cccc(N3CCCC3=O)c1)=C2. The molecule has 2 heterocycles. The zero-order valence-corrected chi connectivity index (χ0v) is 15.7. The summed E-state index contributed by atoms with van der Waals surface area (Å²) in [5.74, 6) is 1.24. The van der Waals surface area contributed by atoms with Gasteiger partial charge in [-0.15, -0.1) is 0 Å². The Kier molecular flexibility index (Phi) is 5.02. The number of rotatable bonds is 5. The van der Waals surface area contributed by atoms with Crippen LogP contribution in [-0.2, 0) is 9.59 Å². The molecule has 1 fully saturated rings. The van der Waals surface area contributed by atoms with Crippen molar-refractivity contribution in [2.24, 2.45) is 0 Å². The fraction of sp³-hybridized carbons (Fsp3) is 0.273. The normalized spacial score (nSPS) is 15.5. The Morgan fingerprint density at radius 1 is 1.25 bits per heavy atom. The Hall–Kier alpha value is -3.28. The minimum atomic E-state index is -0.225. The van der Waals surface area contributed by atoms with Gasteiger partial charge in [0, 0.05) is 29.9 Å². The lowest BCUT2D eigenvalue weighted by atomic mass is 10.1. The molecule has 0 saturated carbocycles. The van der Waals surface area contributed by atoms with E-state index in [-0.39, 0.29) is 18.4 Å². The first-order chi connectivity index (χ1) is 13.7. The highest BCUT2D eigenvalue weighted by molar-refractivity contribution is 6.08. The van der Waals surface area contributed by atoms with Gasteiger partial charge in [0.2, 0.25) is 5.91 Å². The third-order valence-electron chi connectivity index (χ3n) is 4.79. The molecule has 0 aromatic heterocycles. The van der Waals surface area contributed by atoms with Gasteiger partial charge in [-0.05, 0) is 43.7 Å². The lowest BCUT2D eigenvalue weighted by molar-refractivity contribution is -0.117. The average molecular weight is 378 g/mol. The second-order valence-corrected chi connectivity index (χ2v) is 6.72. The van der Waals surface area contributed by atoms with Gasteiger partial charge in [0.25, 0.3) is 5.91 Å². The minimum Gasteiger partial charge on any atom is -0.490 e. The fourth-order valence-corrected chi connectivity index (χ4v) is 3.46. The lowest BCUT2D eigenvalue weighted by Gasteiger charge is -2.20. The van der Waals surface area contributed by atoms with E-state index >= 15 is 0 Å². The molecule has 0 radical (unpaired) electrons. The molecular formula is C22H22N2O4. The molecule has 2 amide bonds. The molecule has 2 aromatic carbocycles. The van der Waals surface area contributed by atoms with E-state index in [1.807, 2.05) is 55.5 Å².